The SMILES string of the molecule is COc1ccc(-c2sc(NC(C)(C)C3CCOCC3)nc2C)cc1S(=O)(=O)NC1CCN(S(C)(=O)=O)CC1. The summed E-state index contributed by atoms with van der Waals surface area (Å²) in [6.45, 7) is 8.39. The fraction of sp³-hybridized carbons (Fsp3) is 0.640. The molecular weight excluding hydrogens is 548 g/mol. The van der Waals surface area contributed by atoms with Crippen LogP contribution in [0, 0.1) is 12.8 Å². The lowest BCUT2D eigenvalue weighted by Gasteiger charge is -2.37. The predicted octanol–water partition coefficient (Wildman–Crippen LogP) is 3.45. The molecule has 0 radical (unpaired) electrons. The van der Waals surface area contributed by atoms with Crippen LogP contribution in [-0.2, 0) is 24.8 Å². The van der Waals surface area contributed by atoms with Gasteiger partial charge >= 0.3 is 0 Å². The molecule has 0 atom stereocenters. The smallest absolute Gasteiger partial charge is 0.244 e. The third-order valence-corrected chi connectivity index (χ3v) is 11.4. The highest BCUT2D eigenvalue weighted by atomic mass is 32.2. The monoisotopic (exact) mass is 586 g/mol. The van der Waals surface area contributed by atoms with Gasteiger partial charge in [-0.15, -0.1) is 0 Å². The second kappa shape index (κ2) is 11.4. The van der Waals surface area contributed by atoms with E-state index >= 15 is 0 Å². The van der Waals surface area contributed by atoms with Gasteiger partial charge in [-0.05, 0) is 76.1 Å². The number of sulfonamides is 2. The summed E-state index contributed by atoms with van der Waals surface area (Å²) in [5.41, 5.74) is 1.40. The van der Waals surface area contributed by atoms with E-state index in [1.165, 1.54) is 29.0 Å². The van der Waals surface area contributed by atoms with Crippen molar-refractivity contribution >= 4 is 36.5 Å². The number of hydrogen-bond donors (Lipinski definition) is 2. The molecule has 1 aromatic carbocycles. The summed E-state index contributed by atoms with van der Waals surface area (Å²) < 4.78 is 65.5. The fourth-order valence-corrected chi connectivity index (χ4v) is 8.63. The molecule has 0 unspecified atom stereocenters. The largest absolute Gasteiger partial charge is 0.495 e. The lowest BCUT2D eigenvalue weighted by molar-refractivity contribution is 0.0491. The zero-order valence-corrected chi connectivity index (χ0v) is 25.1. The number of anilines is 1. The molecule has 2 N–H and O–H groups in total. The normalized spacial score (nSPS) is 19.0. The first-order valence-corrected chi connectivity index (χ1v) is 16.9. The van der Waals surface area contributed by atoms with Gasteiger partial charge in [0.2, 0.25) is 20.0 Å². The Kier molecular flexibility index (Phi) is 8.75. The molecule has 212 valence electrons. The standard InChI is InChI=1S/C25H38N4O6S3/c1-17-23(36-24(26-17)27-25(2,3)19-10-14-35-15-11-19)18-6-7-21(34-4)22(16-18)38(32,33)28-20-8-12-29(13-9-20)37(5,30)31/h6-7,16,19-20,28H,8-15H2,1-5H3,(H,26,27). The molecule has 2 fully saturated rings. The van der Waals surface area contributed by atoms with E-state index in [2.05, 4.69) is 23.9 Å². The zero-order chi connectivity index (χ0) is 27.7. The van der Waals surface area contributed by atoms with Gasteiger partial charge in [0.25, 0.3) is 0 Å². The number of aromatic nitrogens is 1. The summed E-state index contributed by atoms with van der Waals surface area (Å²) in [6, 6.07) is 4.77. The number of nitrogens with one attached hydrogen (secondary N) is 2. The van der Waals surface area contributed by atoms with Crippen LogP contribution in [0.2, 0.25) is 0 Å². The van der Waals surface area contributed by atoms with Gasteiger partial charge in [-0.2, -0.15) is 0 Å². The van der Waals surface area contributed by atoms with Gasteiger partial charge in [-0.25, -0.2) is 30.8 Å². The van der Waals surface area contributed by atoms with Crippen molar-refractivity contribution in [2.45, 2.75) is 62.9 Å². The van der Waals surface area contributed by atoms with Crippen molar-refractivity contribution in [1.82, 2.24) is 14.0 Å². The van der Waals surface area contributed by atoms with Crippen LogP contribution >= 0.6 is 11.3 Å². The van der Waals surface area contributed by atoms with Crippen molar-refractivity contribution in [3.05, 3.63) is 23.9 Å². The van der Waals surface area contributed by atoms with E-state index in [1.807, 2.05) is 13.0 Å². The summed E-state index contributed by atoms with van der Waals surface area (Å²) in [7, 11) is -5.77. The molecule has 10 nitrogen and oxygen atoms in total. The molecule has 0 amide bonds. The Balaban J connectivity index is 1.54. The fourth-order valence-electron chi connectivity index (χ4n) is 5.13. The maximum absolute atomic E-state index is 13.4. The molecule has 0 spiro atoms. The molecule has 2 aliphatic heterocycles. The molecule has 38 heavy (non-hydrogen) atoms. The first-order valence-electron chi connectivity index (χ1n) is 12.8. The Morgan fingerprint density at radius 2 is 1.76 bits per heavy atom. The van der Waals surface area contributed by atoms with Gasteiger partial charge in [-0.1, -0.05) is 11.3 Å². The molecule has 0 saturated carbocycles. The Morgan fingerprint density at radius 3 is 2.37 bits per heavy atom. The third kappa shape index (κ3) is 6.68. The van der Waals surface area contributed by atoms with Gasteiger partial charge in [0.1, 0.15) is 10.6 Å². The number of ether oxygens (including phenoxy) is 2. The summed E-state index contributed by atoms with van der Waals surface area (Å²) in [4.78, 5) is 5.68. The second-order valence-corrected chi connectivity index (χ2v) is 15.3. The third-order valence-electron chi connectivity index (χ3n) is 7.43. The van der Waals surface area contributed by atoms with Crippen molar-refractivity contribution in [1.29, 1.82) is 0 Å². The molecule has 2 aliphatic rings. The van der Waals surface area contributed by atoms with Gasteiger partial charge in [0.05, 0.1) is 23.9 Å². The van der Waals surface area contributed by atoms with Crippen LogP contribution in [0.3, 0.4) is 0 Å². The quantitative estimate of drug-likeness (QED) is 0.458. The minimum absolute atomic E-state index is 0.0490. The number of piperidine rings is 1. The molecule has 0 aliphatic carbocycles. The molecule has 0 bridgehead atoms. The number of thiazole rings is 1. The van der Waals surface area contributed by atoms with Crippen LogP contribution in [0.25, 0.3) is 10.4 Å². The Hall–Kier alpha value is -1.77. The minimum Gasteiger partial charge on any atom is -0.495 e. The molecular formula is C25H38N4O6S3. The summed E-state index contributed by atoms with van der Waals surface area (Å²) >= 11 is 1.50. The minimum atomic E-state index is -3.92. The number of benzene rings is 1. The number of nitrogens with zero attached hydrogens (tertiary/aromatic N) is 2. The van der Waals surface area contributed by atoms with Crippen molar-refractivity contribution in [2.75, 3.05) is 45.0 Å². The maximum Gasteiger partial charge on any atom is 0.244 e. The summed E-state index contributed by atoms with van der Waals surface area (Å²) in [5.74, 6) is 0.716. The highest BCUT2D eigenvalue weighted by Gasteiger charge is 2.33. The maximum atomic E-state index is 13.4. The number of hydrogen-bond acceptors (Lipinski definition) is 9. The molecule has 2 saturated heterocycles. The number of aryl methyl sites for hydroxylation is 1. The van der Waals surface area contributed by atoms with Crippen LogP contribution < -0.4 is 14.8 Å². The molecule has 2 aromatic rings. The number of methoxy groups -OCH3 is 1. The Morgan fingerprint density at radius 1 is 1.11 bits per heavy atom. The van der Waals surface area contributed by atoms with Crippen LogP contribution in [0.1, 0.15) is 45.2 Å². The van der Waals surface area contributed by atoms with Crippen molar-refractivity contribution < 1.29 is 26.3 Å². The van der Waals surface area contributed by atoms with E-state index in [9.17, 15) is 16.8 Å². The lowest BCUT2D eigenvalue weighted by atomic mass is 9.82. The molecule has 13 heteroatoms. The van der Waals surface area contributed by atoms with Crippen molar-refractivity contribution in [2.24, 2.45) is 5.92 Å². The van der Waals surface area contributed by atoms with Gasteiger partial charge < -0.3 is 14.8 Å². The zero-order valence-electron chi connectivity index (χ0n) is 22.6. The van der Waals surface area contributed by atoms with Crippen molar-refractivity contribution in [3.8, 4) is 16.2 Å². The molecule has 4 rings (SSSR count). The van der Waals surface area contributed by atoms with E-state index in [-0.39, 0.29) is 35.3 Å². The first kappa shape index (κ1) is 29.2. The van der Waals surface area contributed by atoms with Gasteiger partial charge in [-0.3, -0.25) is 0 Å². The van der Waals surface area contributed by atoms with E-state index in [0.717, 1.165) is 47.3 Å². The van der Waals surface area contributed by atoms with E-state index in [1.54, 1.807) is 12.1 Å². The summed E-state index contributed by atoms with van der Waals surface area (Å²) in [5, 5.41) is 4.40. The first-order chi connectivity index (χ1) is 17.8. The molecule has 3 heterocycles. The Labute approximate surface area is 230 Å². The average molecular weight is 587 g/mol. The van der Waals surface area contributed by atoms with Crippen LogP contribution in [0.15, 0.2) is 23.1 Å². The van der Waals surface area contributed by atoms with E-state index < -0.39 is 20.0 Å². The van der Waals surface area contributed by atoms with Gasteiger partial charge in [0.15, 0.2) is 5.13 Å². The topological polar surface area (TPSA) is 127 Å². The van der Waals surface area contributed by atoms with E-state index in [0.29, 0.717) is 18.8 Å². The van der Waals surface area contributed by atoms with E-state index in [4.69, 9.17) is 14.5 Å². The predicted molar refractivity (Wildman–Crippen MR) is 150 cm³/mol. The molecule has 1 aromatic heterocycles. The Bertz CT molecular complexity index is 1340. The van der Waals surface area contributed by atoms with Gasteiger partial charge in [0, 0.05) is 37.9 Å². The van der Waals surface area contributed by atoms with Crippen molar-refractivity contribution in [3.63, 3.8) is 0 Å². The van der Waals surface area contributed by atoms with Crippen LogP contribution in [0.4, 0.5) is 5.13 Å². The highest BCUT2D eigenvalue weighted by Crippen LogP contribution is 2.39. The lowest BCUT2D eigenvalue weighted by Crippen LogP contribution is -2.46. The number of rotatable bonds is 9. The summed E-state index contributed by atoms with van der Waals surface area (Å²) in [6.07, 6.45) is 3.97. The van der Waals surface area contributed by atoms with Crippen LogP contribution in [-0.4, -0.2) is 77.4 Å². The second-order valence-electron chi connectivity index (χ2n) is 10.6. The van der Waals surface area contributed by atoms with Crippen LogP contribution in [0.5, 0.6) is 5.75 Å². The highest BCUT2D eigenvalue weighted by molar-refractivity contribution is 7.89. The average Bonchev–Trinajstić information content (AvgIpc) is 3.22.